The number of carbonyl (C=O) groups is 1. The number of benzene rings is 1. The molecule has 0 saturated heterocycles. The summed E-state index contributed by atoms with van der Waals surface area (Å²) in [4.78, 5) is 15.7. The largest absolute Gasteiger partial charge is 0.378 e. The number of ether oxygens (including phenoxy) is 1. The van der Waals surface area contributed by atoms with E-state index in [-0.39, 0.29) is 24.0 Å². The Kier molecular flexibility index (Phi) is 12.1. The van der Waals surface area contributed by atoms with Crippen molar-refractivity contribution >= 4 is 35.8 Å². The lowest BCUT2D eigenvalue weighted by molar-refractivity contribution is 0.0277. The summed E-state index contributed by atoms with van der Waals surface area (Å²) in [5.41, 5.74) is 6.81. The molecule has 0 aliphatic heterocycles. The van der Waals surface area contributed by atoms with E-state index in [2.05, 4.69) is 15.6 Å². The number of primary amides is 1. The molecule has 1 amide bonds. The first-order valence-electron chi connectivity index (χ1n) is 9.71. The van der Waals surface area contributed by atoms with Gasteiger partial charge < -0.3 is 21.1 Å². The van der Waals surface area contributed by atoms with E-state index < -0.39 is 5.91 Å². The van der Waals surface area contributed by atoms with Crippen LogP contribution in [0.2, 0.25) is 0 Å². The molecule has 0 unspecified atom stereocenters. The molecular weight excluding hydrogens is 455 g/mol. The number of hydrogen-bond acceptors (Lipinski definition) is 3. The Balaban J connectivity index is 0.00000364. The number of carbonyl (C=O) groups excluding carboxylic acids is 1. The summed E-state index contributed by atoms with van der Waals surface area (Å²) < 4.78 is 5.95. The molecule has 1 aromatic carbocycles. The van der Waals surface area contributed by atoms with Gasteiger partial charge in [-0.15, -0.1) is 24.0 Å². The Labute approximate surface area is 179 Å². The summed E-state index contributed by atoms with van der Waals surface area (Å²) >= 11 is 0. The lowest BCUT2D eigenvalue weighted by Crippen LogP contribution is -2.38. The normalized spacial score (nSPS) is 15.1. The van der Waals surface area contributed by atoms with Gasteiger partial charge in [-0.2, -0.15) is 0 Å². The molecule has 4 N–H and O–H groups in total. The molecule has 7 heteroatoms. The Hall–Kier alpha value is -1.35. The number of guanidine groups is 1. The van der Waals surface area contributed by atoms with Crippen LogP contribution < -0.4 is 16.4 Å². The highest BCUT2D eigenvalue weighted by molar-refractivity contribution is 14.0. The molecule has 0 radical (unpaired) electrons. The minimum absolute atomic E-state index is 0. The summed E-state index contributed by atoms with van der Waals surface area (Å²) in [6.45, 7) is 5.04. The number of nitrogens with one attached hydrogen (secondary N) is 2. The SMILES string of the molecule is CCNC(=NCc1ccc(C(N)=O)cc1)NCCCOC1CCCCC1.I. The number of aliphatic imine (C=N–C) groups is 1. The zero-order chi connectivity index (χ0) is 18.6. The molecule has 152 valence electrons. The zero-order valence-corrected chi connectivity index (χ0v) is 18.5. The van der Waals surface area contributed by atoms with Gasteiger partial charge in [0, 0.05) is 25.3 Å². The summed E-state index contributed by atoms with van der Waals surface area (Å²) in [7, 11) is 0. The highest BCUT2D eigenvalue weighted by atomic mass is 127. The quantitative estimate of drug-likeness (QED) is 0.216. The Morgan fingerprint density at radius 2 is 1.89 bits per heavy atom. The number of rotatable bonds is 9. The maximum Gasteiger partial charge on any atom is 0.248 e. The first-order valence-corrected chi connectivity index (χ1v) is 9.71. The molecule has 0 aromatic heterocycles. The van der Waals surface area contributed by atoms with Crippen LogP contribution in [0.1, 0.15) is 61.4 Å². The lowest BCUT2D eigenvalue weighted by atomic mass is 9.98. The summed E-state index contributed by atoms with van der Waals surface area (Å²) in [5.74, 6) is 0.384. The standard InChI is InChI=1S/C20H32N4O2.HI/c1-2-22-20(23-13-6-14-26-18-7-4-3-5-8-18)24-15-16-9-11-17(12-10-16)19(21)25;/h9-12,18H,2-8,13-15H2,1H3,(H2,21,25)(H2,22,23,24);1H. The number of nitrogens with two attached hydrogens (primary N) is 1. The van der Waals surface area contributed by atoms with Crippen LogP contribution in [0.3, 0.4) is 0 Å². The van der Waals surface area contributed by atoms with Crippen LogP contribution in [0.15, 0.2) is 29.3 Å². The van der Waals surface area contributed by atoms with E-state index >= 15 is 0 Å². The van der Waals surface area contributed by atoms with Gasteiger partial charge in [-0.25, -0.2) is 4.99 Å². The predicted molar refractivity (Wildman–Crippen MR) is 121 cm³/mol. The fourth-order valence-corrected chi connectivity index (χ4v) is 3.05. The highest BCUT2D eigenvalue weighted by Crippen LogP contribution is 2.20. The average molecular weight is 488 g/mol. The number of nitrogens with zero attached hydrogens (tertiary/aromatic N) is 1. The van der Waals surface area contributed by atoms with E-state index in [4.69, 9.17) is 10.5 Å². The monoisotopic (exact) mass is 488 g/mol. The van der Waals surface area contributed by atoms with Gasteiger partial charge in [-0.05, 0) is 43.9 Å². The molecule has 1 saturated carbocycles. The molecule has 1 aliphatic rings. The predicted octanol–water partition coefficient (Wildman–Crippen LogP) is 3.20. The van der Waals surface area contributed by atoms with Gasteiger partial charge in [0.25, 0.3) is 0 Å². The van der Waals surface area contributed by atoms with Crippen molar-refractivity contribution in [1.82, 2.24) is 10.6 Å². The zero-order valence-electron chi connectivity index (χ0n) is 16.2. The second-order valence-electron chi connectivity index (χ2n) is 6.67. The Morgan fingerprint density at radius 3 is 2.52 bits per heavy atom. The molecule has 0 heterocycles. The van der Waals surface area contributed by atoms with E-state index in [0.717, 1.165) is 37.6 Å². The first kappa shape index (κ1) is 23.7. The molecule has 0 bridgehead atoms. The van der Waals surface area contributed by atoms with Crippen molar-refractivity contribution in [1.29, 1.82) is 0 Å². The first-order chi connectivity index (χ1) is 12.7. The summed E-state index contributed by atoms with van der Waals surface area (Å²) in [6.07, 6.45) is 7.83. The third kappa shape index (κ3) is 9.41. The van der Waals surface area contributed by atoms with Crippen LogP contribution in [0, 0.1) is 0 Å². The fourth-order valence-electron chi connectivity index (χ4n) is 3.05. The van der Waals surface area contributed by atoms with E-state index in [1.54, 1.807) is 12.1 Å². The highest BCUT2D eigenvalue weighted by Gasteiger charge is 2.12. The van der Waals surface area contributed by atoms with Crippen molar-refractivity contribution in [3.63, 3.8) is 0 Å². The van der Waals surface area contributed by atoms with E-state index in [0.29, 0.717) is 18.2 Å². The third-order valence-corrected chi connectivity index (χ3v) is 4.52. The van der Waals surface area contributed by atoms with Gasteiger partial charge in [-0.3, -0.25) is 4.79 Å². The average Bonchev–Trinajstić information content (AvgIpc) is 2.67. The maximum atomic E-state index is 11.1. The van der Waals surface area contributed by atoms with E-state index in [1.165, 1.54) is 32.1 Å². The maximum absolute atomic E-state index is 11.1. The number of halogens is 1. The van der Waals surface area contributed by atoms with Crippen molar-refractivity contribution in [3.05, 3.63) is 35.4 Å². The van der Waals surface area contributed by atoms with Crippen molar-refractivity contribution in [2.75, 3.05) is 19.7 Å². The van der Waals surface area contributed by atoms with Crippen LogP contribution in [-0.4, -0.2) is 37.7 Å². The van der Waals surface area contributed by atoms with Gasteiger partial charge in [-0.1, -0.05) is 31.4 Å². The van der Waals surface area contributed by atoms with Crippen LogP contribution in [-0.2, 0) is 11.3 Å². The molecule has 2 rings (SSSR count). The molecule has 1 aliphatic carbocycles. The van der Waals surface area contributed by atoms with E-state index in [1.807, 2.05) is 19.1 Å². The van der Waals surface area contributed by atoms with Crippen molar-refractivity contribution < 1.29 is 9.53 Å². The van der Waals surface area contributed by atoms with Crippen LogP contribution >= 0.6 is 24.0 Å². The molecule has 0 atom stereocenters. The lowest BCUT2D eigenvalue weighted by Gasteiger charge is -2.22. The minimum atomic E-state index is -0.412. The molecule has 0 spiro atoms. The second-order valence-corrected chi connectivity index (χ2v) is 6.67. The second kappa shape index (κ2) is 13.8. The number of hydrogen-bond donors (Lipinski definition) is 3. The van der Waals surface area contributed by atoms with Crippen molar-refractivity contribution in [2.45, 2.75) is 58.1 Å². The van der Waals surface area contributed by atoms with Gasteiger partial charge in [0.05, 0.1) is 12.6 Å². The molecule has 27 heavy (non-hydrogen) atoms. The van der Waals surface area contributed by atoms with Crippen LogP contribution in [0.25, 0.3) is 0 Å². The van der Waals surface area contributed by atoms with Crippen LogP contribution in [0.5, 0.6) is 0 Å². The topological polar surface area (TPSA) is 88.7 Å². The fraction of sp³-hybridized carbons (Fsp3) is 0.600. The Bertz CT molecular complexity index is 572. The minimum Gasteiger partial charge on any atom is -0.378 e. The van der Waals surface area contributed by atoms with Gasteiger partial charge >= 0.3 is 0 Å². The summed E-state index contributed by atoms with van der Waals surface area (Å²) in [5, 5.41) is 6.59. The molecule has 6 nitrogen and oxygen atoms in total. The summed E-state index contributed by atoms with van der Waals surface area (Å²) in [6, 6.07) is 7.22. The van der Waals surface area contributed by atoms with Gasteiger partial charge in [0.15, 0.2) is 5.96 Å². The van der Waals surface area contributed by atoms with Crippen LogP contribution in [0.4, 0.5) is 0 Å². The molecule has 1 aromatic rings. The van der Waals surface area contributed by atoms with Gasteiger partial charge in [0.2, 0.25) is 5.91 Å². The van der Waals surface area contributed by atoms with Gasteiger partial charge in [0.1, 0.15) is 0 Å². The van der Waals surface area contributed by atoms with E-state index in [9.17, 15) is 4.79 Å². The smallest absolute Gasteiger partial charge is 0.248 e. The van der Waals surface area contributed by atoms with Crippen molar-refractivity contribution in [3.8, 4) is 0 Å². The Morgan fingerprint density at radius 1 is 1.19 bits per heavy atom. The molecule has 1 fully saturated rings. The molecular formula is C20H33IN4O2. The third-order valence-electron chi connectivity index (χ3n) is 4.52. The number of amides is 1. The van der Waals surface area contributed by atoms with Crippen molar-refractivity contribution in [2.24, 2.45) is 10.7 Å².